The zero-order chi connectivity index (χ0) is 12.1. The van der Waals surface area contributed by atoms with E-state index in [1.54, 1.807) is 0 Å². The molecule has 1 heteroatoms. The second kappa shape index (κ2) is 6.52. The van der Waals surface area contributed by atoms with E-state index < -0.39 is 0 Å². The van der Waals surface area contributed by atoms with Gasteiger partial charge in [0.25, 0.3) is 0 Å². The lowest BCUT2D eigenvalue weighted by atomic mass is 9.76. The van der Waals surface area contributed by atoms with Gasteiger partial charge in [0, 0.05) is 6.04 Å². The molecule has 0 heterocycles. The molecule has 1 nitrogen and oxygen atoms in total. The number of rotatable bonds is 6. The molecule has 0 fully saturated rings. The van der Waals surface area contributed by atoms with Crippen LogP contribution in [0.15, 0.2) is 0 Å². The van der Waals surface area contributed by atoms with Gasteiger partial charge in [-0.2, -0.15) is 0 Å². The molecule has 0 aliphatic carbocycles. The molecule has 0 amide bonds. The summed E-state index contributed by atoms with van der Waals surface area (Å²) in [4.78, 5) is 0. The minimum atomic E-state index is 0.432. The van der Waals surface area contributed by atoms with E-state index in [0.29, 0.717) is 11.5 Å². The van der Waals surface area contributed by atoms with Gasteiger partial charge < -0.3 is 5.32 Å². The Morgan fingerprint density at radius 2 is 1.60 bits per heavy atom. The molecule has 0 spiro atoms. The van der Waals surface area contributed by atoms with E-state index in [9.17, 15) is 0 Å². The van der Waals surface area contributed by atoms with Crippen LogP contribution in [0.5, 0.6) is 0 Å². The quantitative estimate of drug-likeness (QED) is 0.701. The Morgan fingerprint density at radius 3 is 1.93 bits per heavy atom. The molecule has 0 aromatic carbocycles. The van der Waals surface area contributed by atoms with E-state index in [1.807, 2.05) is 0 Å². The van der Waals surface area contributed by atoms with Crippen LogP contribution in [0, 0.1) is 17.3 Å². The summed E-state index contributed by atoms with van der Waals surface area (Å²) in [5, 5.41) is 3.64. The molecular formula is C14H31N. The highest BCUT2D eigenvalue weighted by Gasteiger charge is 2.25. The third-order valence-electron chi connectivity index (χ3n) is 3.88. The molecule has 0 aromatic rings. The Balaban J connectivity index is 4.28. The van der Waals surface area contributed by atoms with Gasteiger partial charge >= 0.3 is 0 Å². The Morgan fingerprint density at radius 1 is 1.07 bits per heavy atom. The molecule has 0 rings (SSSR count). The molecule has 1 N–H and O–H groups in total. The zero-order valence-corrected chi connectivity index (χ0v) is 11.9. The Kier molecular flexibility index (Phi) is 6.51. The maximum Gasteiger partial charge on any atom is 0.00952 e. The van der Waals surface area contributed by atoms with Gasteiger partial charge in [-0.25, -0.2) is 0 Å². The largest absolute Gasteiger partial charge is 0.314 e. The standard InChI is InChI=1S/C14H31N/c1-8-11(3)13(15-9-2)10-12(4)14(5,6)7/h11-13,15H,8-10H2,1-7H3. The van der Waals surface area contributed by atoms with Gasteiger partial charge in [-0.15, -0.1) is 0 Å². The maximum atomic E-state index is 3.64. The van der Waals surface area contributed by atoms with Crippen molar-refractivity contribution < 1.29 is 0 Å². The van der Waals surface area contributed by atoms with Crippen LogP contribution in [0.25, 0.3) is 0 Å². The molecule has 0 bridgehead atoms. The summed E-state index contributed by atoms with van der Waals surface area (Å²) >= 11 is 0. The summed E-state index contributed by atoms with van der Waals surface area (Å²) in [5.74, 6) is 1.56. The molecule has 92 valence electrons. The van der Waals surface area contributed by atoms with Crippen LogP contribution in [0.3, 0.4) is 0 Å². The second-order valence-electron chi connectivity index (χ2n) is 6.05. The van der Waals surface area contributed by atoms with Crippen molar-refractivity contribution in [1.29, 1.82) is 0 Å². The van der Waals surface area contributed by atoms with E-state index in [0.717, 1.165) is 18.4 Å². The third kappa shape index (κ3) is 5.55. The monoisotopic (exact) mass is 213 g/mol. The minimum absolute atomic E-state index is 0.432. The summed E-state index contributed by atoms with van der Waals surface area (Å²) in [7, 11) is 0. The van der Waals surface area contributed by atoms with Gasteiger partial charge in [-0.1, -0.05) is 54.9 Å². The minimum Gasteiger partial charge on any atom is -0.314 e. The summed E-state index contributed by atoms with van der Waals surface area (Å²) in [6, 6.07) is 0.689. The highest BCUT2D eigenvalue weighted by Crippen LogP contribution is 2.30. The molecule has 0 aromatic heterocycles. The fourth-order valence-corrected chi connectivity index (χ4v) is 1.80. The number of hydrogen-bond donors (Lipinski definition) is 1. The average molecular weight is 213 g/mol. The van der Waals surface area contributed by atoms with Crippen molar-refractivity contribution >= 4 is 0 Å². The first kappa shape index (κ1) is 15.0. The maximum absolute atomic E-state index is 3.64. The summed E-state index contributed by atoms with van der Waals surface area (Å²) in [6.45, 7) is 17.4. The van der Waals surface area contributed by atoms with Crippen LogP contribution in [0.1, 0.15) is 61.3 Å². The molecule has 15 heavy (non-hydrogen) atoms. The average Bonchev–Trinajstić information content (AvgIpc) is 2.14. The smallest absolute Gasteiger partial charge is 0.00952 e. The first-order valence-corrected chi connectivity index (χ1v) is 6.56. The predicted octanol–water partition coefficient (Wildman–Crippen LogP) is 4.08. The first-order valence-electron chi connectivity index (χ1n) is 6.56. The molecule has 0 aliphatic rings. The third-order valence-corrected chi connectivity index (χ3v) is 3.88. The van der Waals surface area contributed by atoms with Crippen LogP contribution in [-0.2, 0) is 0 Å². The normalized spacial score (nSPS) is 18.6. The second-order valence-corrected chi connectivity index (χ2v) is 6.05. The van der Waals surface area contributed by atoms with Crippen molar-refractivity contribution in [2.75, 3.05) is 6.54 Å². The number of hydrogen-bond acceptors (Lipinski definition) is 1. The Bertz CT molecular complexity index is 157. The zero-order valence-electron chi connectivity index (χ0n) is 11.9. The van der Waals surface area contributed by atoms with E-state index in [2.05, 4.69) is 53.8 Å². The first-order chi connectivity index (χ1) is 6.82. The van der Waals surface area contributed by atoms with Gasteiger partial charge in [-0.05, 0) is 30.2 Å². The van der Waals surface area contributed by atoms with Crippen LogP contribution in [0.4, 0.5) is 0 Å². The van der Waals surface area contributed by atoms with E-state index in [4.69, 9.17) is 0 Å². The fraction of sp³-hybridized carbons (Fsp3) is 1.00. The summed E-state index contributed by atoms with van der Waals surface area (Å²) < 4.78 is 0. The van der Waals surface area contributed by atoms with Gasteiger partial charge in [0.15, 0.2) is 0 Å². The van der Waals surface area contributed by atoms with Crippen molar-refractivity contribution in [2.45, 2.75) is 67.3 Å². The van der Waals surface area contributed by atoms with Crippen molar-refractivity contribution in [2.24, 2.45) is 17.3 Å². The Labute approximate surface area is 97.0 Å². The van der Waals surface area contributed by atoms with Crippen molar-refractivity contribution in [3.63, 3.8) is 0 Å². The topological polar surface area (TPSA) is 12.0 Å². The predicted molar refractivity (Wildman–Crippen MR) is 70.2 cm³/mol. The molecule has 0 saturated heterocycles. The highest BCUT2D eigenvalue weighted by molar-refractivity contribution is 4.79. The molecule has 0 aliphatic heterocycles. The van der Waals surface area contributed by atoms with Crippen LogP contribution < -0.4 is 5.32 Å². The molecular weight excluding hydrogens is 182 g/mol. The molecule has 0 radical (unpaired) electrons. The van der Waals surface area contributed by atoms with Gasteiger partial charge in [0.1, 0.15) is 0 Å². The lowest BCUT2D eigenvalue weighted by Crippen LogP contribution is -2.38. The SMILES string of the molecule is CCNC(CC(C)C(C)(C)C)C(C)CC. The van der Waals surface area contributed by atoms with Crippen molar-refractivity contribution in [1.82, 2.24) is 5.32 Å². The highest BCUT2D eigenvalue weighted by atomic mass is 14.9. The van der Waals surface area contributed by atoms with Crippen LogP contribution >= 0.6 is 0 Å². The lowest BCUT2D eigenvalue weighted by molar-refractivity contribution is 0.200. The van der Waals surface area contributed by atoms with Gasteiger partial charge in [0.05, 0.1) is 0 Å². The van der Waals surface area contributed by atoms with Gasteiger partial charge in [-0.3, -0.25) is 0 Å². The van der Waals surface area contributed by atoms with E-state index in [-0.39, 0.29) is 0 Å². The van der Waals surface area contributed by atoms with Crippen LogP contribution in [-0.4, -0.2) is 12.6 Å². The van der Waals surface area contributed by atoms with E-state index >= 15 is 0 Å². The number of nitrogens with one attached hydrogen (secondary N) is 1. The molecule has 3 atom stereocenters. The molecule has 3 unspecified atom stereocenters. The van der Waals surface area contributed by atoms with Gasteiger partial charge in [0.2, 0.25) is 0 Å². The van der Waals surface area contributed by atoms with Crippen molar-refractivity contribution in [3.8, 4) is 0 Å². The Hall–Kier alpha value is -0.0400. The summed E-state index contributed by atoms with van der Waals surface area (Å²) in [6.07, 6.45) is 2.57. The van der Waals surface area contributed by atoms with Crippen molar-refractivity contribution in [3.05, 3.63) is 0 Å². The van der Waals surface area contributed by atoms with Crippen LogP contribution in [0.2, 0.25) is 0 Å². The summed E-state index contributed by atoms with van der Waals surface area (Å²) in [5.41, 5.74) is 0.432. The molecule has 0 saturated carbocycles. The van der Waals surface area contributed by atoms with E-state index in [1.165, 1.54) is 12.8 Å². The lowest BCUT2D eigenvalue weighted by Gasteiger charge is -2.33. The fourth-order valence-electron chi connectivity index (χ4n) is 1.80.